The van der Waals surface area contributed by atoms with E-state index < -0.39 is 35.3 Å². The second-order valence-electron chi connectivity index (χ2n) is 9.40. The molecule has 0 aromatic heterocycles. The van der Waals surface area contributed by atoms with Gasteiger partial charge in [-0.3, -0.25) is 24.3 Å². The fourth-order valence-corrected chi connectivity index (χ4v) is 5.71. The average molecular weight is 437 g/mol. The number of aliphatic hydroxyl groups is 1. The summed E-state index contributed by atoms with van der Waals surface area (Å²) in [6.45, 7) is 0.757. The van der Waals surface area contributed by atoms with Gasteiger partial charge in [0.1, 0.15) is 11.4 Å². The number of hydrogen-bond donors (Lipinski definition) is 1. The number of imide groups is 1. The molecule has 3 heterocycles. The molecule has 2 atom stereocenters. The van der Waals surface area contributed by atoms with Crippen molar-refractivity contribution in [3.8, 4) is 0 Å². The highest BCUT2D eigenvalue weighted by Crippen LogP contribution is 2.44. The predicted molar refractivity (Wildman–Crippen MR) is 105 cm³/mol. The van der Waals surface area contributed by atoms with Crippen molar-refractivity contribution >= 4 is 11.8 Å². The number of hydrogen-bond acceptors (Lipinski definition) is 5. The Morgan fingerprint density at radius 2 is 1.77 bits per heavy atom. The molecule has 3 aliphatic heterocycles. The maximum Gasteiger partial charge on any atom is 0.252 e. The van der Waals surface area contributed by atoms with Crippen LogP contribution in [0, 0.1) is 5.82 Å². The first-order valence-electron chi connectivity index (χ1n) is 10.9. The molecule has 4 fully saturated rings. The van der Waals surface area contributed by atoms with Crippen molar-refractivity contribution in [2.75, 3.05) is 19.6 Å². The van der Waals surface area contributed by atoms with Crippen LogP contribution in [0.1, 0.15) is 37.7 Å². The first-order chi connectivity index (χ1) is 14.7. The molecule has 0 bridgehead atoms. The summed E-state index contributed by atoms with van der Waals surface area (Å²) in [5, 5.41) is 10.2. The number of alkyl halides is 2. The summed E-state index contributed by atoms with van der Waals surface area (Å²) < 4.78 is 41.3. The summed E-state index contributed by atoms with van der Waals surface area (Å²) in [6, 6.07) is 5.40. The molecule has 1 saturated carbocycles. The Kier molecular flexibility index (Phi) is 4.91. The number of aliphatic hydroxyl groups excluding tert-OH is 1. The van der Waals surface area contributed by atoms with Gasteiger partial charge < -0.3 is 5.11 Å². The zero-order valence-electron chi connectivity index (χ0n) is 17.1. The Hall–Kier alpha value is -1.97. The summed E-state index contributed by atoms with van der Waals surface area (Å²) in [4.78, 5) is 31.6. The van der Waals surface area contributed by atoms with Crippen LogP contribution in [-0.4, -0.2) is 80.9 Å². The summed E-state index contributed by atoms with van der Waals surface area (Å²) in [5.74, 6) is -3.90. The van der Waals surface area contributed by atoms with Crippen LogP contribution in [0.3, 0.4) is 0 Å². The molecule has 6 nitrogen and oxygen atoms in total. The molecular formula is C22H26F3N3O3. The van der Waals surface area contributed by atoms with Crippen molar-refractivity contribution in [1.82, 2.24) is 14.7 Å². The molecule has 1 N–H and O–H groups in total. The number of carbonyl (C=O) groups is 2. The summed E-state index contributed by atoms with van der Waals surface area (Å²) in [5.41, 5.74) is -0.710. The van der Waals surface area contributed by atoms with E-state index in [4.69, 9.17) is 0 Å². The third kappa shape index (κ3) is 3.37. The van der Waals surface area contributed by atoms with Gasteiger partial charge in [-0.25, -0.2) is 13.2 Å². The van der Waals surface area contributed by atoms with Crippen LogP contribution in [0.5, 0.6) is 0 Å². The fraction of sp³-hybridized carbons (Fsp3) is 0.636. The number of piperazine rings is 1. The van der Waals surface area contributed by atoms with Crippen LogP contribution in [0.15, 0.2) is 24.3 Å². The number of nitrogens with zero attached hydrogens (tertiary/aromatic N) is 3. The van der Waals surface area contributed by atoms with Crippen LogP contribution >= 0.6 is 0 Å². The zero-order chi connectivity index (χ0) is 22.0. The van der Waals surface area contributed by atoms with Gasteiger partial charge in [0.05, 0.1) is 18.7 Å². The third-order valence-electron chi connectivity index (χ3n) is 7.44. The van der Waals surface area contributed by atoms with E-state index in [0.29, 0.717) is 25.9 Å². The summed E-state index contributed by atoms with van der Waals surface area (Å²) >= 11 is 0. The molecular weight excluding hydrogens is 411 g/mol. The molecule has 3 saturated heterocycles. The van der Waals surface area contributed by atoms with E-state index in [1.807, 2.05) is 4.90 Å². The molecule has 1 spiro atoms. The number of β-amino-alcohol motifs (C(OH)–C–C–N with tert-alkyl or cyclic N) is 1. The molecule has 0 radical (unpaired) electrons. The highest BCUT2D eigenvalue weighted by Gasteiger charge is 2.65. The van der Waals surface area contributed by atoms with Crippen LogP contribution in [0.25, 0.3) is 0 Å². The van der Waals surface area contributed by atoms with E-state index in [1.54, 1.807) is 23.1 Å². The molecule has 1 aromatic rings. The lowest BCUT2D eigenvalue weighted by Crippen LogP contribution is -2.82. The van der Waals surface area contributed by atoms with Crippen LogP contribution < -0.4 is 0 Å². The summed E-state index contributed by atoms with van der Waals surface area (Å²) in [6.07, 6.45) is -0.0371. The van der Waals surface area contributed by atoms with Gasteiger partial charge in [-0.05, 0) is 25.3 Å². The van der Waals surface area contributed by atoms with Gasteiger partial charge in [-0.15, -0.1) is 0 Å². The first kappa shape index (κ1) is 20.9. The van der Waals surface area contributed by atoms with E-state index in [1.165, 1.54) is 6.07 Å². The first-order valence-corrected chi connectivity index (χ1v) is 10.9. The average Bonchev–Trinajstić information content (AvgIpc) is 3.08. The van der Waals surface area contributed by atoms with Crippen molar-refractivity contribution in [3.05, 3.63) is 35.6 Å². The van der Waals surface area contributed by atoms with E-state index in [9.17, 15) is 27.9 Å². The molecule has 168 valence electrons. The lowest BCUT2D eigenvalue weighted by molar-refractivity contribution is -0.185. The largest absolute Gasteiger partial charge is 0.392 e. The standard InChI is InChI=1S/C22H26F3N3O3/c23-17-4-2-1-3-14(17)10-27-19(30)18-9-16(29)11-28(18)21(20(27)31)12-26(13-21)15-5-7-22(24,25)8-6-15/h1-4,15-16,18,29H,5-13H2. The lowest BCUT2D eigenvalue weighted by atomic mass is 9.79. The Morgan fingerprint density at radius 3 is 2.45 bits per heavy atom. The third-order valence-corrected chi connectivity index (χ3v) is 7.44. The van der Waals surface area contributed by atoms with Crippen LogP contribution in [0.4, 0.5) is 13.2 Å². The van der Waals surface area contributed by atoms with Crippen LogP contribution in [-0.2, 0) is 16.1 Å². The highest BCUT2D eigenvalue weighted by molar-refractivity contribution is 6.06. The molecule has 2 unspecified atom stereocenters. The Labute approximate surface area is 178 Å². The Morgan fingerprint density at radius 1 is 1.10 bits per heavy atom. The number of carbonyl (C=O) groups excluding carboxylic acids is 2. The van der Waals surface area contributed by atoms with Crippen molar-refractivity contribution in [2.45, 2.75) is 68.3 Å². The fourth-order valence-electron chi connectivity index (χ4n) is 5.71. The van der Waals surface area contributed by atoms with Gasteiger partial charge >= 0.3 is 0 Å². The Balaban J connectivity index is 1.38. The van der Waals surface area contributed by atoms with Gasteiger partial charge in [0.15, 0.2) is 0 Å². The molecule has 2 amide bonds. The highest BCUT2D eigenvalue weighted by atomic mass is 19.3. The summed E-state index contributed by atoms with van der Waals surface area (Å²) in [7, 11) is 0. The van der Waals surface area contributed by atoms with Crippen molar-refractivity contribution in [3.63, 3.8) is 0 Å². The second-order valence-corrected chi connectivity index (χ2v) is 9.40. The van der Waals surface area contributed by atoms with Gasteiger partial charge in [0.25, 0.3) is 5.91 Å². The minimum absolute atomic E-state index is 0.0123. The van der Waals surface area contributed by atoms with Crippen molar-refractivity contribution < 1.29 is 27.9 Å². The molecule has 31 heavy (non-hydrogen) atoms. The number of amides is 2. The number of likely N-dealkylation sites (tertiary alicyclic amines) is 1. The minimum atomic E-state index is -2.62. The monoisotopic (exact) mass is 437 g/mol. The number of rotatable bonds is 3. The maximum absolute atomic E-state index is 14.2. The van der Waals surface area contributed by atoms with Gasteiger partial charge in [0.2, 0.25) is 11.8 Å². The van der Waals surface area contributed by atoms with E-state index >= 15 is 0 Å². The number of benzene rings is 1. The van der Waals surface area contributed by atoms with Crippen molar-refractivity contribution in [1.29, 1.82) is 0 Å². The van der Waals surface area contributed by atoms with Gasteiger partial charge in [-0.1, -0.05) is 18.2 Å². The normalized spacial score (nSPS) is 31.2. The molecule has 4 aliphatic rings. The molecule has 1 aliphatic carbocycles. The lowest BCUT2D eigenvalue weighted by Gasteiger charge is -2.60. The van der Waals surface area contributed by atoms with Gasteiger partial charge in [-0.2, -0.15) is 0 Å². The van der Waals surface area contributed by atoms with Gasteiger partial charge in [0, 0.05) is 44.1 Å². The van der Waals surface area contributed by atoms with E-state index in [-0.39, 0.29) is 49.9 Å². The number of halogens is 3. The smallest absolute Gasteiger partial charge is 0.252 e. The SMILES string of the molecule is O=C1C2CC(O)CN2C2(CN(C3CCC(F)(F)CC3)C2)C(=O)N1Cc1ccccc1F. The van der Waals surface area contributed by atoms with E-state index in [2.05, 4.69) is 0 Å². The molecule has 1 aromatic carbocycles. The second kappa shape index (κ2) is 7.28. The van der Waals surface area contributed by atoms with Crippen molar-refractivity contribution in [2.24, 2.45) is 0 Å². The zero-order valence-corrected chi connectivity index (χ0v) is 17.1. The van der Waals surface area contributed by atoms with Crippen LogP contribution in [0.2, 0.25) is 0 Å². The van der Waals surface area contributed by atoms with E-state index in [0.717, 1.165) is 4.90 Å². The molecule has 9 heteroatoms. The molecule has 5 rings (SSSR count). The topological polar surface area (TPSA) is 64.1 Å². The Bertz CT molecular complexity index is 895. The maximum atomic E-state index is 14.2. The quantitative estimate of drug-likeness (QED) is 0.731. The predicted octanol–water partition coefficient (Wildman–Crippen LogP) is 1.76. The number of fused-ring (bicyclic) bond motifs is 2. The minimum Gasteiger partial charge on any atom is -0.392 e.